The zero-order valence-corrected chi connectivity index (χ0v) is 14.6. The molecule has 0 atom stereocenters. The molecule has 0 radical (unpaired) electrons. The van der Waals surface area contributed by atoms with E-state index in [1.54, 1.807) is 37.2 Å². The zero-order valence-electron chi connectivity index (χ0n) is 13.8. The average molecular weight is 381 g/mol. The number of benzene rings is 1. The van der Waals surface area contributed by atoms with E-state index in [0.29, 0.717) is 17.2 Å². The fourth-order valence-corrected chi connectivity index (χ4v) is 2.98. The van der Waals surface area contributed by atoms with Crippen LogP contribution in [0.15, 0.2) is 29.3 Å². The highest BCUT2D eigenvalue weighted by Crippen LogP contribution is 2.33. The SMILES string of the molecule is CN(C)c1nc(N)nc(CSc2nc(C(F)(F)F)nc3ccccc23)n1. The number of hydrogen-bond acceptors (Lipinski definition) is 8. The smallest absolute Gasteiger partial charge is 0.368 e. The summed E-state index contributed by atoms with van der Waals surface area (Å²) in [6.45, 7) is 0. The Bertz CT molecular complexity index is 946. The third kappa shape index (κ3) is 3.93. The number of thioether (sulfide) groups is 1. The maximum atomic E-state index is 13.1. The van der Waals surface area contributed by atoms with E-state index in [1.165, 1.54) is 6.07 Å². The summed E-state index contributed by atoms with van der Waals surface area (Å²) in [7, 11) is 3.50. The predicted octanol–water partition coefficient (Wildman–Crippen LogP) is 2.77. The third-order valence-electron chi connectivity index (χ3n) is 3.25. The van der Waals surface area contributed by atoms with Crippen molar-refractivity contribution in [3.8, 4) is 0 Å². The van der Waals surface area contributed by atoms with Crippen LogP contribution in [0.1, 0.15) is 11.6 Å². The summed E-state index contributed by atoms with van der Waals surface area (Å²) < 4.78 is 39.2. The molecule has 3 rings (SSSR count). The second-order valence-corrected chi connectivity index (χ2v) is 6.42. The van der Waals surface area contributed by atoms with Crippen molar-refractivity contribution >= 4 is 34.6 Å². The van der Waals surface area contributed by atoms with Crippen LogP contribution in [0.25, 0.3) is 10.9 Å². The van der Waals surface area contributed by atoms with Crippen molar-refractivity contribution < 1.29 is 13.2 Å². The van der Waals surface area contributed by atoms with Gasteiger partial charge in [0, 0.05) is 19.5 Å². The number of halogens is 3. The molecule has 0 saturated heterocycles. The Morgan fingerprint density at radius 2 is 1.77 bits per heavy atom. The van der Waals surface area contributed by atoms with Crippen LogP contribution in [0.3, 0.4) is 0 Å². The number of rotatable bonds is 4. The highest BCUT2D eigenvalue weighted by molar-refractivity contribution is 7.98. The van der Waals surface area contributed by atoms with E-state index >= 15 is 0 Å². The fraction of sp³-hybridized carbons (Fsp3) is 0.267. The van der Waals surface area contributed by atoms with E-state index in [2.05, 4.69) is 24.9 Å². The van der Waals surface area contributed by atoms with E-state index in [9.17, 15) is 13.2 Å². The Balaban J connectivity index is 1.96. The molecule has 0 fully saturated rings. The van der Waals surface area contributed by atoms with E-state index in [4.69, 9.17) is 5.73 Å². The summed E-state index contributed by atoms with van der Waals surface area (Å²) in [6, 6.07) is 6.53. The highest BCUT2D eigenvalue weighted by atomic mass is 32.2. The molecule has 0 aliphatic heterocycles. The van der Waals surface area contributed by atoms with Gasteiger partial charge in [0.05, 0.1) is 11.3 Å². The molecule has 0 spiro atoms. The minimum atomic E-state index is -4.63. The first-order valence-electron chi connectivity index (χ1n) is 7.38. The molecular formula is C15H14F3N7S. The van der Waals surface area contributed by atoms with Crippen molar-refractivity contribution in [2.75, 3.05) is 24.7 Å². The summed E-state index contributed by atoms with van der Waals surface area (Å²) >= 11 is 1.08. The van der Waals surface area contributed by atoms with Crippen molar-refractivity contribution in [3.05, 3.63) is 35.9 Å². The van der Waals surface area contributed by atoms with Crippen LogP contribution < -0.4 is 10.6 Å². The number of nitrogens with two attached hydrogens (primary N) is 1. The lowest BCUT2D eigenvalue weighted by Crippen LogP contribution is -2.16. The molecule has 2 heterocycles. The van der Waals surface area contributed by atoms with Gasteiger partial charge in [-0.25, -0.2) is 9.97 Å². The number of nitrogens with zero attached hydrogens (tertiary/aromatic N) is 6. The van der Waals surface area contributed by atoms with Gasteiger partial charge in [-0.1, -0.05) is 30.0 Å². The molecule has 11 heteroatoms. The van der Waals surface area contributed by atoms with Gasteiger partial charge in [0.15, 0.2) is 0 Å². The van der Waals surface area contributed by atoms with Crippen LogP contribution in [-0.2, 0) is 11.9 Å². The molecule has 0 aliphatic rings. The number of aromatic nitrogens is 5. The summed E-state index contributed by atoms with van der Waals surface area (Å²) in [4.78, 5) is 21.2. The van der Waals surface area contributed by atoms with Crippen molar-refractivity contribution in [3.63, 3.8) is 0 Å². The lowest BCUT2D eigenvalue weighted by molar-refractivity contribution is -0.145. The number of hydrogen-bond donors (Lipinski definition) is 1. The Kier molecular flexibility index (Phi) is 4.81. The molecule has 2 N–H and O–H groups in total. The first-order valence-corrected chi connectivity index (χ1v) is 8.37. The Hall–Kier alpha value is -2.69. The van der Waals surface area contributed by atoms with Crippen LogP contribution in [0.2, 0.25) is 0 Å². The average Bonchev–Trinajstić information content (AvgIpc) is 2.58. The van der Waals surface area contributed by atoms with Crippen molar-refractivity contribution in [1.82, 2.24) is 24.9 Å². The molecule has 1 aromatic carbocycles. The minimum absolute atomic E-state index is 0.0443. The van der Waals surface area contributed by atoms with Crippen molar-refractivity contribution in [2.24, 2.45) is 0 Å². The summed E-state index contributed by atoms with van der Waals surface area (Å²) in [6.07, 6.45) is -4.63. The molecule has 7 nitrogen and oxygen atoms in total. The summed E-state index contributed by atoms with van der Waals surface area (Å²) in [5, 5.41) is 0.730. The van der Waals surface area contributed by atoms with Crippen LogP contribution in [-0.4, -0.2) is 39.0 Å². The van der Waals surface area contributed by atoms with Crippen LogP contribution in [0.5, 0.6) is 0 Å². The summed E-state index contributed by atoms with van der Waals surface area (Å²) in [5.41, 5.74) is 5.89. The molecule has 26 heavy (non-hydrogen) atoms. The van der Waals surface area contributed by atoms with Gasteiger partial charge in [0.2, 0.25) is 17.7 Å². The maximum absolute atomic E-state index is 13.1. The van der Waals surface area contributed by atoms with Crippen LogP contribution in [0, 0.1) is 0 Å². The van der Waals surface area contributed by atoms with Crippen LogP contribution in [0.4, 0.5) is 25.1 Å². The summed E-state index contributed by atoms with van der Waals surface area (Å²) in [5.74, 6) is -0.226. The normalized spacial score (nSPS) is 11.7. The number of alkyl halides is 3. The number of nitrogen functional groups attached to an aromatic ring is 1. The molecular weight excluding hydrogens is 367 g/mol. The molecule has 0 amide bonds. The maximum Gasteiger partial charge on any atom is 0.451 e. The second kappa shape index (κ2) is 6.90. The van der Waals surface area contributed by atoms with E-state index in [-0.39, 0.29) is 22.2 Å². The van der Waals surface area contributed by atoms with Gasteiger partial charge < -0.3 is 10.6 Å². The van der Waals surface area contributed by atoms with Crippen molar-refractivity contribution in [1.29, 1.82) is 0 Å². The van der Waals surface area contributed by atoms with Gasteiger partial charge >= 0.3 is 6.18 Å². The molecule has 136 valence electrons. The number of para-hydroxylation sites is 1. The van der Waals surface area contributed by atoms with E-state index < -0.39 is 12.0 Å². The monoisotopic (exact) mass is 381 g/mol. The second-order valence-electron chi connectivity index (χ2n) is 5.46. The lowest BCUT2D eigenvalue weighted by Gasteiger charge is -2.12. The van der Waals surface area contributed by atoms with Gasteiger partial charge in [-0.3, -0.25) is 0 Å². The zero-order chi connectivity index (χ0) is 18.9. The van der Waals surface area contributed by atoms with Gasteiger partial charge in [-0.05, 0) is 6.07 Å². The van der Waals surface area contributed by atoms with Gasteiger partial charge in [0.25, 0.3) is 0 Å². The Morgan fingerprint density at radius 1 is 1.04 bits per heavy atom. The third-order valence-corrected chi connectivity index (χ3v) is 4.23. The van der Waals surface area contributed by atoms with Crippen LogP contribution >= 0.6 is 11.8 Å². The number of anilines is 2. The standard InChI is InChI=1S/C15H14F3N7S/c1-25(2)14-22-10(21-13(19)24-14)7-26-11-8-5-3-4-6-9(8)20-12(23-11)15(16,17)18/h3-6H,7H2,1-2H3,(H2,19,21,22,24). The van der Waals surface area contributed by atoms with Gasteiger partial charge in [0.1, 0.15) is 10.9 Å². The Morgan fingerprint density at radius 3 is 2.46 bits per heavy atom. The van der Waals surface area contributed by atoms with E-state index in [1.807, 2.05) is 0 Å². The van der Waals surface area contributed by atoms with E-state index in [0.717, 1.165) is 11.8 Å². The van der Waals surface area contributed by atoms with Gasteiger partial charge in [-0.15, -0.1) is 0 Å². The first-order chi connectivity index (χ1) is 12.2. The molecule has 0 aliphatic carbocycles. The molecule has 0 bridgehead atoms. The van der Waals surface area contributed by atoms with Gasteiger partial charge in [-0.2, -0.15) is 28.1 Å². The number of fused-ring (bicyclic) bond motifs is 1. The first kappa shape index (κ1) is 18.1. The van der Waals surface area contributed by atoms with Crippen molar-refractivity contribution in [2.45, 2.75) is 17.0 Å². The fourth-order valence-electron chi connectivity index (χ4n) is 2.11. The molecule has 0 saturated carbocycles. The minimum Gasteiger partial charge on any atom is -0.368 e. The quantitative estimate of drug-likeness (QED) is 0.545. The highest BCUT2D eigenvalue weighted by Gasteiger charge is 2.35. The molecule has 0 unspecified atom stereocenters. The largest absolute Gasteiger partial charge is 0.451 e. The molecule has 3 aromatic rings. The lowest BCUT2D eigenvalue weighted by atomic mass is 10.2. The topological polar surface area (TPSA) is 93.7 Å². The molecule has 2 aromatic heterocycles. The predicted molar refractivity (Wildman–Crippen MR) is 92.7 cm³/mol. The Labute approximate surface area is 150 Å².